The SMILES string of the molecule is CCC1=C2C=CN=C2C[NH+]1c1c2c(cc3c(=O)cc(C)oc13)CC(OOCC(O)(Cc1ccc(O)cc1)C(O)C(O)C(O)CO)C(C)(C)O2. The van der Waals surface area contributed by atoms with Gasteiger partial charge in [-0.3, -0.25) is 14.7 Å². The molecule has 0 saturated carbocycles. The molecule has 13 heteroatoms. The van der Waals surface area contributed by atoms with Gasteiger partial charge in [0.1, 0.15) is 71.7 Å². The second kappa shape index (κ2) is 13.4. The number of hydrogen-bond donors (Lipinski definition) is 7. The highest BCUT2D eigenvalue weighted by molar-refractivity contribution is 6.07. The van der Waals surface area contributed by atoms with Crippen molar-refractivity contribution < 1.29 is 54.5 Å². The normalized spacial score (nSPS) is 22.7. The Labute approximate surface area is 282 Å². The number of ether oxygens (including phenoxy) is 1. The van der Waals surface area contributed by atoms with Gasteiger partial charge in [-0.1, -0.05) is 19.1 Å². The van der Waals surface area contributed by atoms with Gasteiger partial charge in [-0.2, -0.15) is 0 Å². The molecule has 13 nitrogen and oxygen atoms in total. The Balaban J connectivity index is 1.31. The van der Waals surface area contributed by atoms with Gasteiger partial charge in [0.05, 0.1) is 17.6 Å². The molecule has 3 aliphatic heterocycles. The molecular formula is C36H43N2O11+. The zero-order valence-corrected chi connectivity index (χ0v) is 27.8. The first kappa shape index (κ1) is 34.9. The summed E-state index contributed by atoms with van der Waals surface area (Å²) in [5.41, 5.74) is 2.04. The molecule has 0 bridgehead atoms. The van der Waals surface area contributed by atoms with Gasteiger partial charge in [0, 0.05) is 37.1 Å². The maximum Gasteiger partial charge on any atom is 0.222 e. The van der Waals surface area contributed by atoms with Gasteiger partial charge in [0.25, 0.3) is 0 Å². The second-order valence-corrected chi connectivity index (χ2v) is 13.5. The van der Waals surface area contributed by atoms with E-state index in [1.165, 1.54) is 30.3 Å². The number of rotatable bonds is 12. The molecule has 3 aliphatic rings. The van der Waals surface area contributed by atoms with Crippen molar-refractivity contribution in [3.05, 3.63) is 87.1 Å². The summed E-state index contributed by atoms with van der Waals surface area (Å²) in [7, 11) is 0. The number of hydrogen-bond acceptors (Lipinski definition) is 12. The molecule has 0 aliphatic carbocycles. The maximum absolute atomic E-state index is 13.3. The molecule has 0 saturated heterocycles. The Bertz CT molecular complexity index is 1880. The fourth-order valence-corrected chi connectivity index (χ4v) is 6.84. The lowest BCUT2D eigenvalue weighted by Gasteiger charge is -2.40. The largest absolute Gasteiger partial charge is 0.508 e. The van der Waals surface area contributed by atoms with E-state index in [0.29, 0.717) is 45.8 Å². The van der Waals surface area contributed by atoms with Crippen LogP contribution in [0.1, 0.15) is 44.1 Å². The van der Waals surface area contributed by atoms with E-state index in [1.54, 1.807) is 19.2 Å². The smallest absolute Gasteiger partial charge is 0.222 e. The minimum atomic E-state index is -2.21. The number of fused-ring (bicyclic) bond motifs is 3. The first-order valence-electron chi connectivity index (χ1n) is 16.3. The molecule has 3 aromatic rings. The van der Waals surface area contributed by atoms with E-state index >= 15 is 0 Å². The highest BCUT2D eigenvalue weighted by atomic mass is 17.2. The minimum Gasteiger partial charge on any atom is -0.508 e. The lowest BCUT2D eigenvalue weighted by Crippen LogP contribution is -3.04. The fourth-order valence-electron chi connectivity index (χ4n) is 6.84. The Morgan fingerprint density at radius 3 is 2.59 bits per heavy atom. The van der Waals surface area contributed by atoms with Crippen molar-refractivity contribution in [1.29, 1.82) is 0 Å². The van der Waals surface area contributed by atoms with Gasteiger partial charge >= 0.3 is 0 Å². The summed E-state index contributed by atoms with van der Waals surface area (Å²) in [5.74, 6) is 1.04. The Hall–Kier alpha value is -3.92. The summed E-state index contributed by atoms with van der Waals surface area (Å²) in [6, 6.07) is 9.04. The van der Waals surface area contributed by atoms with Crippen LogP contribution >= 0.6 is 0 Å². The van der Waals surface area contributed by atoms with Gasteiger partial charge in [-0.25, -0.2) is 9.78 Å². The minimum absolute atomic E-state index is 0.00541. The Morgan fingerprint density at radius 1 is 1.16 bits per heavy atom. The van der Waals surface area contributed by atoms with Crippen LogP contribution in [0.15, 0.2) is 74.1 Å². The summed E-state index contributed by atoms with van der Waals surface area (Å²) in [4.78, 5) is 30.3. The first-order chi connectivity index (χ1) is 23.3. The van der Waals surface area contributed by atoms with Gasteiger partial charge in [-0.15, -0.1) is 0 Å². The van der Waals surface area contributed by atoms with Gasteiger partial charge in [-0.05, 0) is 50.6 Å². The third-order valence-electron chi connectivity index (χ3n) is 9.58. The second-order valence-electron chi connectivity index (χ2n) is 13.5. The number of allylic oxidation sites excluding steroid dienone is 2. The molecule has 0 amide bonds. The predicted octanol–water partition coefficient (Wildman–Crippen LogP) is 1.05. The van der Waals surface area contributed by atoms with E-state index in [9.17, 15) is 35.4 Å². The molecular weight excluding hydrogens is 636 g/mol. The number of phenolic OH excluding ortho intramolecular Hbond substituents is 1. The summed E-state index contributed by atoms with van der Waals surface area (Å²) in [5, 5.41) is 62.5. The van der Waals surface area contributed by atoms with Crippen LogP contribution in [-0.2, 0) is 22.6 Å². The lowest BCUT2D eigenvalue weighted by atomic mass is 9.85. The molecule has 0 fully saturated rings. The van der Waals surface area contributed by atoms with Crippen molar-refractivity contribution in [3.63, 3.8) is 0 Å². The van der Waals surface area contributed by atoms with Crippen LogP contribution in [0.5, 0.6) is 11.5 Å². The van der Waals surface area contributed by atoms with Gasteiger partial charge in [0.15, 0.2) is 11.2 Å². The Kier molecular flexibility index (Phi) is 9.56. The molecule has 6 unspecified atom stereocenters. The molecule has 2 aromatic carbocycles. The molecule has 6 rings (SSSR count). The predicted molar refractivity (Wildman–Crippen MR) is 178 cm³/mol. The number of aliphatic imine (C=N–C) groups is 1. The molecule has 0 spiro atoms. The maximum atomic E-state index is 13.3. The van der Waals surface area contributed by atoms with Crippen LogP contribution in [0.3, 0.4) is 0 Å². The average Bonchev–Trinajstić information content (AvgIpc) is 3.65. The summed E-state index contributed by atoms with van der Waals surface area (Å²) < 4.78 is 12.9. The average molecular weight is 680 g/mol. The molecule has 262 valence electrons. The van der Waals surface area contributed by atoms with Gasteiger partial charge < -0.3 is 39.8 Å². The van der Waals surface area contributed by atoms with Crippen LogP contribution in [0.25, 0.3) is 11.0 Å². The van der Waals surface area contributed by atoms with Crippen molar-refractivity contribution in [2.24, 2.45) is 4.99 Å². The summed E-state index contributed by atoms with van der Waals surface area (Å²) in [6.07, 6.45) is -1.89. The van der Waals surface area contributed by atoms with Crippen molar-refractivity contribution >= 4 is 22.4 Å². The standard InChI is InChI=1S/C36H42N2O11/c1-5-26-23-10-11-37-25(23)16-38(26)30-32-21(13-24-27(41)12-19(2)47-33(24)30)14-29(35(3,4)48-32)49-46-18-36(45,34(44)31(43)28(42)17-39)15-20-6-8-22(40)9-7-20/h6-13,28-29,31,34,39-40,42-45H,5,14-18H2,1-4H3/p+1. The third kappa shape index (κ3) is 6.56. The monoisotopic (exact) mass is 679 g/mol. The van der Waals surface area contributed by atoms with Crippen LogP contribution in [-0.4, -0.2) is 91.7 Å². The van der Waals surface area contributed by atoms with E-state index in [0.717, 1.165) is 28.3 Å². The fraction of sp³-hybridized carbons (Fsp3) is 0.444. The number of aliphatic hydroxyl groups is 5. The number of aryl methyl sites for hydroxylation is 1. The molecule has 4 heterocycles. The number of benzene rings is 2. The lowest BCUT2D eigenvalue weighted by molar-refractivity contribution is -0.776. The van der Waals surface area contributed by atoms with Crippen LogP contribution in [0.2, 0.25) is 0 Å². The molecule has 49 heavy (non-hydrogen) atoms. The number of nitrogens with zero attached hydrogens (tertiary/aromatic N) is 1. The molecule has 1 aromatic heterocycles. The van der Waals surface area contributed by atoms with Crippen molar-refractivity contribution in [2.75, 3.05) is 19.8 Å². The quantitative estimate of drug-likeness (QED) is 0.107. The number of aromatic hydroxyl groups is 1. The molecule has 0 radical (unpaired) electrons. The number of nitrogens with one attached hydrogen (secondary N) is 1. The highest BCUT2D eigenvalue weighted by Crippen LogP contribution is 2.43. The van der Waals surface area contributed by atoms with Crippen molar-refractivity contribution in [1.82, 2.24) is 0 Å². The number of quaternary nitrogens is 1. The Morgan fingerprint density at radius 2 is 1.90 bits per heavy atom. The number of aliphatic hydroxyl groups excluding tert-OH is 4. The summed E-state index contributed by atoms with van der Waals surface area (Å²) in [6.45, 7) is 6.50. The molecule has 7 N–H and O–H groups in total. The van der Waals surface area contributed by atoms with Gasteiger partial charge in [0.2, 0.25) is 11.3 Å². The third-order valence-corrected chi connectivity index (χ3v) is 9.58. The topological polar surface area (TPSA) is 196 Å². The van der Waals surface area contributed by atoms with Crippen molar-refractivity contribution in [2.45, 2.75) is 82.6 Å². The van der Waals surface area contributed by atoms with E-state index in [-0.39, 0.29) is 24.0 Å². The molecule has 6 atom stereocenters. The van der Waals surface area contributed by atoms with Crippen LogP contribution in [0, 0.1) is 6.92 Å². The summed E-state index contributed by atoms with van der Waals surface area (Å²) >= 11 is 0. The van der Waals surface area contributed by atoms with Crippen LogP contribution in [0.4, 0.5) is 5.69 Å². The first-order valence-corrected chi connectivity index (χ1v) is 16.3. The van der Waals surface area contributed by atoms with E-state index < -0.39 is 48.8 Å². The van der Waals surface area contributed by atoms with E-state index in [2.05, 4.69) is 11.9 Å². The van der Waals surface area contributed by atoms with E-state index in [1.807, 2.05) is 19.9 Å². The zero-order chi connectivity index (χ0) is 35.2. The number of phenols is 1. The zero-order valence-electron chi connectivity index (χ0n) is 27.8. The highest BCUT2D eigenvalue weighted by Gasteiger charge is 2.47. The van der Waals surface area contributed by atoms with Crippen LogP contribution < -0.4 is 15.1 Å². The van der Waals surface area contributed by atoms with Crippen molar-refractivity contribution in [3.8, 4) is 11.5 Å². The van der Waals surface area contributed by atoms with E-state index in [4.69, 9.17) is 18.9 Å².